The Morgan fingerprint density at radius 2 is 2.00 bits per heavy atom. The smallest absolute Gasteiger partial charge is 0.255 e. The van der Waals surface area contributed by atoms with Crippen LogP contribution in [0.2, 0.25) is 0 Å². The number of imide groups is 1. The van der Waals surface area contributed by atoms with Crippen LogP contribution >= 0.6 is 0 Å². The summed E-state index contributed by atoms with van der Waals surface area (Å²) >= 11 is 0. The average molecular weight is 427 g/mol. The molecule has 6 rings (SSSR count). The summed E-state index contributed by atoms with van der Waals surface area (Å²) in [6.07, 6.45) is 4.96. The summed E-state index contributed by atoms with van der Waals surface area (Å²) in [5.74, 6) is -0.784. The van der Waals surface area contributed by atoms with Crippen molar-refractivity contribution in [2.24, 2.45) is 11.1 Å². The Bertz CT molecular complexity index is 906. The highest BCUT2D eigenvalue weighted by molar-refractivity contribution is 6.05. The second kappa shape index (κ2) is 7.69. The minimum absolute atomic E-state index is 0.108. The zero-order chi connectivity index (χ0) is 21.6. The fraction of sp³-hybridized carbons (Fsp3) is 0.609. The van der Waals surface area contributed by atoms with Gasteiger partial charge in [-0.05, 0) is 49.3 Å². The van der Waals surface area contributed by atoms with E-state index >= 15 is 0 Å². The number of nitrogens with two attached hydrogens (primary N) is 1. The monoisotopic (exact) mass is 426 g/mol. The van der Waals surface area contributed by atoms with Gasteiger partial charge in [0.05, 0.1) is 12.2 Å². The molecule has 0 aromatic heterocycles. The number of piperidine rings is 1. The van der Waals surface area contributed by atoms with E-state index in [0.717, 1.165) is 50.0 Å². The number of hydrogen-bond acceptors (Lipinski definition) is 6. The van der Waals surface area contributed by atoms with Gasteiger partial charge in [0.25, 0.3) is 5.91 Å². The van der Waals surface area contributed by atoms with Gasteiger partial charge in [0.2, 0.25) is 11.8 Å². The molecule has 1 aromatic rings. The molecule has 1 saturated carbocycles. The van der Waals surface area contributed by atoms with Gasteiger partial charge in [-0.25, -0.2) is 0 Å². The number of rotatable bonds is 6. The molecule has 8 nitrogen and oxygen atoms in total. The molecular weight excluding hydrogens is 396 g/mol. The van der Waals surface area contributed by atoms with E-state index in [0.29, 0.717) is 31.6 Å². The number of ether oxygens (including phenoxy) is 1. The highest BCUT2D eigenvalue weighted by Crippen LogP contribution is 2.48. The molecule has 2 bridgehead atoms. The van der Waals surface area contributed by atoms with E-state index in [1.807, 2.05) is 18.2 Å². The third kappa shape index (κ3) is 3.56. The Hall–Kier alpha value is -2.29. The minimum atomic E-state index is -0.585. The first kappa shape index (κ1) is 20.6. The average Bonchev–Trinajstić information content (AvgIpc) is 3.12. The Morgan fingerprint density at radius 3 is 2.68 bits per heavy atom. The van der Waals surface area contributed by atoms with Crippen LogP contribution in [0.5, 0.6) is 0 Å². The van der Waals surface area contributed by atoms with Crippen LogP contribution in [0.1, 0.15) is 60.0 Å². The molecule has 4 aliphatic heterocycles. The van der Waals surface area contributed by atoms with E-state index in [9.17, 15) is 14.4 Å². The Kier molecular flexibility index (Phi) is 5.11. The summed E-state index contributed by atoms with van der Waals surface area (Å²) in [7, 11) is 0. The molecule has 166 valence electrons. The third-order valence-corrected chi connectivity index (χ3v) is 7.78. The fourth-order valence-electron chi connectivity index (χ4n) is 5.56. The second-order valence-corrected chi connectivity index (χ2v) is 9.62. The molecule has 1 atom stereocenters. The summed E-state index contributed by atoms with van der Waals surface area (Å²) in [5, 5.41) is 5.92. The molecule has 3 saturated heterocycles. The van der Waals surface area contributed by atoms with Gasteiger partial charge in [-0.1, -0.05) is 12.1 Å². The number of amides is 3. The maximum absolute atomic E-state index is 13.0. The van der Waals surface area contributed by atoms with Crippen molar-refractivity contribution in [1.29, 1.82) is 0 Å². The molecule has 1 unspecified atom stereocenters. The van der Waals surface area contributed by atoms with Crippen LogP contribution in [0.3, 0.4) is 0 Å². The normalized spacial score (nSPS) is 32.4. The molecule has 0 spiro atoms. The molecule has 4 fully saturated rings. The number of benzene rings is 1. The molecule has 0 radical (unpaired) electrons. The van der Waals surface area contributed by atoms with Gasteiger partial charge in [0.15, 0.2) is 0 Å². The van der Waals surface area contributed by atoms with Crippen molar-refractivity contribution >= 4 is 17.7 Å². The minimum Gasteiger partial charge on any atom is -0.373 e. The molecule has 4 N–H and O–H groups in total. The lowest BCUT2D eigenvalue weighted by atomic mass is 9.66. The predicted octanol–water partition coefficient (Wildman–Crippen LogP) is 0.825. The Balaban J connectivity index is 1.24. The topological polar surface area (TPSA) is 114 Å². The number of fused-ring (bicyclic) bond motifs is 4. The van der Waals surface area contributed by atoms with Crippen molar-refractivity contribution in [2.75, 3.05) is 19.7 Å². The highest BCUT2D eigenvalue weighted by atomic mass is 16.5. The lowest BCUT2D eigenvalue weighted by molar-refractivity contribution is -0.177. The SMILES string of the molecule is NCC12CCC(CNCc3cccc4c3CN(C3CCC(=O)NC3=O)C4=O)(CC1)OC2. The van der Waals surface area contributed by atoms with E-state index in [4.69, 9.17) is 10.5 Å². The zero-order valence-electron chi connectivity index (χ0n) is 17.7. The fourth-order valence-corrected chi connectivity index (χ4v) is 5.56. The van der Waals surface area contributed by atoms with Gasteiger partial charge in [0.1, 0.15) is 6.04 Å². The van der Waals surface area contributed by atoms with Crippen LogP contribution in [0.15, 0.2) is 18.2 Å². The summed E-state index contributed by atoms with van der Waals surface area (Å²) in [5.41, 5.74) is 8.74. The number of hydrogen-bond donors (Lipinski definition) is 3. The number of carbonyl (C=O) groups is 3. The first-order valence-electron chi connectivity index (χ1n) is 11.2. The summed E-state index contributed by atoms with van der Waals surface area (Å²) in [4.78, 5) is 38.3. The van der Waals surface area contributed by atoms with Crippen molar-refractivity contribution in [1.82, 2.24) is 15.5 Å². The van der Waals surface area contributed by atoms with Gasteiger partial charge < -0.3 is 20.7 Å². The summed E-state index contributed by atoms with van der Waals surface area (Å²) in [6, 6.07) is 5.17. The first-order valence-corrected chi connectivity index (χ1v) is 11.2. The van der Waals surface area contributed by atoms with Crippen molar-refractivity contribution in [3.8, 4) is 0 Å². The van der Waals surface area contributed by atoms with Crippen LogP contribution in [0, 0.1) is 5.41 Å². The second-order valence-electron chi connectivity index (χ2n) is 9.62. The van der Waals surface area contributed by atoms with E-state index in [1.165, 1.54) is 0 Å². The molecular formula is C23H30N4O4. The largest absolute Gasteiger partial charge is 0.373 e. The lowest BCUT2D eigenvalue weighted by Crippen LogP contribution is -2.57. The lowest BCUT2D eigenvalue weighted by Gasteiger charge is -2.53. The van der Waals surface area contributed by atoms with Crippen molar-refractivity contribution < 1.29 is 19.1 Å². The Morgan fingerprint density at radius 1 is 1.19 bits per heavy atom. The van der Waals surface area contributed by atoms with Crippen LogP contribution < -0.4 is 16.4 Å². The molecule has 4 heterocycles. The quantitative estimate of drug-likeness (QED) is 0.581. The van der Waals surface area contributed by atoms with Gasteiger partial charge in [-0.2, -0.15) is 0 Å². The standard InChI is InChI=1S/C23H30N4O4/c24-12-22-6-8-23(9-7-22,31-14-22)13-25-10-15-2-1-3-16-17(15)11-27(21(16)30)18-4-5-19(28)26-20(18)29/h1-3,18,25H,4-14,24H2,(H,26,28,29). The zero-order valence-corrected chi connectivity index (χ0v) is 17.7. The molecule has 3 amide bonds. The van der Waals surface area contributed by atoms with Gasteiger partial charge in [-0.3, -0.25) is 19.7 Å². The molecule has 8 heteroatoms. The first-order chi connectivity index (χ1) is 14.9. The van der Waals surface area contributed by atoms with Gasteiger partial charge >= 0.3 is 0 Å². The van der Waals surface area contributed by atoms with Crippen molar-refractivity contribution in [2.45, 2.75) is 63.3 Å². The molecule has 1 aromatic carbocycles. The maximum atomic E-state index is 13.0. The van der Waals surface area contributed by atoms with E-state index in [-0.39, 0.29) is 35.2 Å². The van der Waals surface area contributed by atoms with Crippen LogP contribution in [-0.2, 0) is 27.4 Å². The molecule has 1 aliphatic carbocycles. The summed E-state index contributed by atoms with van der Waals surface area (Å²) < 4.78 is 6.25. The summed E-state index contributed by atoms with van der Waals surface area (Å²) in [6.45, 7) is 3.28. The molecule has 31 heavy (non-hydrogen) atoms. The predicted molar refractivity (Wildman–Crippen MR) is 113 cm³/mol. The van der Waals surface area contributed by atoms with Crippen LogP contribution in [0.4, 0.5) is 0 Å². The number of nitrogens with one attached hydrogen (secondary N) is 2. The van der Waals surface area contributed by atoms with Crippen LogP contribution in [0.25, 0.3) is 0 Å². The third-order valence-electron chi connectivity index (χ3n) is 7.78. The molecule has 5 aliphatic rings. The van der Waals surface area contributed by atoms with Crippen molar-refractivity contribution in [3.05, 3.63) is 34.9 Å². The number of carbonyl (C=O) groups excluding carboxylic acids is 3. The van der Waals surface area contributed by atoms with E-state index in [1.54, 1.807) is 4.90 Å². The Labute approximate surface area is 181 Å². The maximum Gasteiger partial charge on any atom is 0.255 e. The van der Waals surface area contributed by atoms with E-state index in [2.05, 4.69) is 10.6 Å². The van der Waals surface area contributed by atoms with Crippen LogP contribution in [-0.4, -0.2) is 54.0 Å². The van der Waals surface area contributed by atoms with Gasteiger partial charge in [0, 0.05) is 43.6 Å². The number of nitrogens with zero attached hydrogens (tertiary/aromatic N) is 1. The van der Waals surface area contributed by atoms with Crippen molar-refractivity contribution in [3.63, 3.8) is 0 Å². The van der Waals surface area contributed by atoms with Gasteiger partial charge in [-0.15, -0.1) is 0 Å². The highest BCUT2D eigenvalue weighted by Gasteiger charge is 2.48. The van der Waals surface area contributed by atoms with E-state index < -0.39 is 6.04 Å².